The molecule has 128 valence electrons. The van der Waals surface area contributed by atoms with E-state index >= 15 is 0 Å². The molecular formula is C18H24N4OS. The minimum atomic E-state index is 0.210. The zero-order chi connectivity index (χ0) is 16.2. The quantitative estimate of drug-likeness (QED) is 0.856. The monoisotopic (exact) mass is 344 g/mol. The number of hydrogen-bond acceptors (Lipinski definition) is 6. The molecule has 0 aliphatic carbocycles. The molecule has 2 fully saturated rings. The maximum atomic E-state index is 6.02. The first-order valence-electron chi connectivity index (χ1n) is 8.66. The Morgan fingerprint density at radius 3 is 2.96 bits per heavy atom. The average Bonchev–Trinajstić information content (AvgIpc) is 3.03. The highest BCUT2D eigenvalue weighted by atomic mass is 32.1. The predicted molar refractivity (Wildman–Crippen MR) is 96.3 cm³/mol. The van der Waals surface area contributed by atoms with Gasteiger partial charge in [-0.2, -0.15) is 0 Å². The topological polar surface area (TPSA) is 41.5 Å². The van der Waals surface area contributed by atoms with Gasteiger partial charge in [0.25, 0.3) is 0 Å². The zero-order valence-electron chi connectivity index (χ0n) is 13.9. The molecule has 1 unspecified atom stereocenters. The molecule has 0 radical (unpaired) electrons. The summed E-state index contributed by atoms with van der Waals surface area (Å²) in [4.78, 5) is 14.8. The van der Waals surface area contributed by atoms with Gasteiger partial charge in [-0.05, 0) is 30.8 Å². The largest absolute Gasteiger partial charge is 0.379 e. The molecule has 1 spiro atoms. The highest BCUT2D eigenvalue weighted by Crippen LogP contribution is 2.35. The third kappa shape index (κ3) is 3.61. The number of thiophene rings is 1. The fraction of sp³-hybridized carbons (Fsp3) is 0.556. The van der Waals surface area contributed by atoms with Crippen molar-refractivity contribution in [1.29, 1.82) is 0 Å². The van der Waals surface area contributed by atoms with Crippen LogP contribution in [0.4, 0.5) is 5.69 Å². The maximum Gasteiger partial charge on any atom is 0.115 e. The number of likely N-dealkylation sites (tertiary alicyclic amines) is 1. The first-order chi connectivity index (χ1) is 11.8. The Morgan fingerprint density at radius 1 is 1.21 bits per heavy atom. The molecule has 2 aliphatic rings. The van der Waals surface area contributed by atoms with Crippen LogP contribution >= 0.6 is 11.3 Å². The van der Waals surface area contributed by atoms with Crippen LogP contribution in [0.25, 0.3) is 0 Å². The van der Waals surface area contributed by atoms with Gasteiger partial charge in [0.05, 0.1) is 31.3 Å². The Kier molecular flexibility index (Phi) is 4.78. The van der Waals surface area contributed by atoms with Crippen LogP contribution in [0.3, 0.4) is 0 Å². The van der Waals surface area contributed by atoms with Gasteiger partial charge in [0.1, 0.15) is 6.33 Å². The van der Waals surface area contributed by atoms with E-state index < -0.39 is 0 Å². The third-order valence-corrected chi connectivity index (χ3v) is 5.91. The number of hydrogen-bond donors (Lipinski definition) is 0. The molecule has 2 aromatic rings. The standard InChI is InChI=1S/C18H24N4OS/c1-3-17(24-8-1)11-21-5-2-4-18(12-21)13-22(6-7-23-14-18)16-9-19-15-20-10-16/h1,3,8-10,15H,2,4-7,11-14H2. The van der Waals surface area contributed by atoms with Gasteiger partial charge in [-0.15, -0.1) is 11.3 Å². The lowest BCUT2D eigenvalue weighted by molar-refractivity contribution is 0.0110. The molecule has 2 aromatic heterocycles. The van der Waals surface area contributed by atoms with Crippen molar-refractivity contribution in [3.8, 4) is 0 Å². The summed E-state index contributed by atoms with van der Waals surface area (Å²) in [5, 5.41) is 2.17. The van der Waals surface area contributed by atoms with Gasteiger partial charge in [-0.1, -0.05) is 6.07 Å². The highest BCUT2D eigenvalue weighted by Gasteiger charge is 2.39. The lowest BCUT2D eigenvalue weighted by Gasteiger charge is -2.43. The van der Waals surface area contributed by atoms with E-state index in [9.17, 15) is 0 Å². The van der Waals surface area contributed by atoms with Crippen LogP contribution in [0.15, 0.2) is 36.2 Å². The normalized spacial score (nSPS) is 25.8. The number of anilines is 1. The Labute approximate surface area is 147 Å². The number of piperidine rings is 1. The van der Waals surface area contributed by atoms with Gasteiger partial charge in [-0.25, -0.2) is 9.97 Å². The number of aromatic nitrogens is 2. The number of ether oxygens (including phenoxy) is 1. The second-order valence-corrected chi connectivity index (χ2v) is 8.00. The van der Waals surface area contributed by atoms with Crippen molar-refractivity contribution >= 4 is 17.0 Å². The summed E-state index contributed by atoms with van der Waals surface area (Å²) in [6.45, 7) is 6.94. The average molecular weight is 344 g/mol. The van der Waals surface area contributed by atoms with Crippen LogP contribution in [0.2, 0.25) is 0 Å². The van der Waals surface area contributed by atoms with E-state index in [0.717, 1.165) is 45.1 Å². The molecule has 4 heterocycles. The summed E-state index contributed by atoms with van der Waals surface area (Å²) in [6.07, 6.45) is 7.90. The van der Waals surface area contributed by atoms with E-state index in [0.29, 0.717) is 0 Å². The summed E-state index contributed by atoms with van der Waals surface area (Å²) >= 11 is 1.85. The molecule has 0 saturated carbocycles. The van der Waals surface area contributed by atoms with Gasteiger partial charge in [-0.3, -0.25) is 4.90 Å². The van der Waals surface area contributed by atoms with Crippen molar-refractivity contribution in [1.82, 2.24) is 14.9 Å². The molecule has 0 aromatic carbocycles. The fourth-order valence-corrected chi connectivity index (χ4v) is 4.73. The molecule has 2 saturated heterocycles. The smallest absolute Gasteiger partial charge is 0.115 e. The summed E-state index contributed by atoms with van der Waals surface area (Å²) < 4.78 is 6.02. The van der Waals surface area contributed by atoms with Gasteiger partial charge >= 0.3 is 0 Å². The van der Waals surface area contributed by atoms with Crippen molar-refractivity contribution in [2.75, 3.05) is 44.3 Å². The molecule has 1 atom stereocenters. The second kappa shape index (κ2) is 7.17. The lowest BCUT2D eigenvalue weighted by Crippen LogP contribution is -2.50. The van der Waals surface area contributed by atoms with E-state index in [4.69, 9.17) is 4.74 Å². The van der Waals surface area contributed by atoms with Crippen molar-refractivity contribution in [3.05, 3.63) is 41.1 Å². The summed E-state index contributed by atoms with van der Waals surface area (Å²) in [5.74, 6) is 0. The van der Waals surface area contributed by atoms with Crippen molar-refractivity contribution in [3.63, 3.8) is 0 Å². The highest BCUT2D eigenvalue weighted by molar-refractivity contribution is 7.09. The van der Waals surface area contributed by atoms with Crippen molar-refractivity contribution < 1.29 is 4.74 Å². The molecule has 0 bridgehead atoms. The first-order valence-corrected chi connectivity index (χ1v) is 9.53. The van der Waals surface area contributed by atoms with Gasteiger partial charge in [0, 0.05) is 36.5 Å². The van der Waals surface area contributed by atoms with Crippen molar-refractivity contribution in [2.45, 2.75) is 19.4 Å². The van der Waals surface area contributed by atoms with Crippen LogP contribution in [0.1, 0.15) is 17.7 Å². The van der Waals surface area contributed by atoms with E-state index in [1.807, 2.05) is 23.7 Å². The van der Waals surface area contributed by atoms with Crippen LogP contribution in [0, 0.1) is 5.41 Å². The SMILES string of the molecule is c1csc(CN2CCCC3(COCCN(c4cncnc4)C3)C2)c1. The van der Waals surface area contributed by atoms with Gasteiger partial charge in [0.15, 0.2) is 0 Å². The van der Waals surface area contributed by atoms with Crippen LogP contribution < -0.4 is 4.90 Å². The minimum Gasteiger partial charge on any atom is -0.379 e. The zero-order valence-corrected chi connectivity index (χ0v) is 14.7. The summed E-state index contributed by atoms with van der Waals surface area (Å²) in [6, 6.07) is 4.38. The molecule has 0 amide bonds. The van der Waals surface area contributed by atoms with E-state index in [1.54, 1.807) is 6.33 Å². The molecule has 24 heavy (non-hydrogen) atoms. The summed E-state index contributed by atoms with van der Waals surface area (Å²) in [5.41, 5.74) is 1.32. The lowest BCUT2D eigenvalue weighted by atomic mass is 9.80. The second-order valence-electron chi connectivity index (χ2n) is 6.96. The number of rotatable bonds is 3. The van der Waals surface area contributed by atoms with E-state index in [-0.39, 0.29) is 5.41 Å². The Balaban J connectivity index is 1.49. The van der Waals surface area contributed by atoms with Gasteiger partial charge < -0.3 is 9.64 Å². The Morgan fingerprint density at radius 2 is 2.12 bits per heavy atom. The Hall–Kier alpha value is -1.50. The van der Waals surface area contributed by atoms with Crippen molar-refractivity contribution in [2.24, 2.45) is 5.41 Å². The Bertz CT molecular complexity index is 636. The van der Waals surface area contributed by atoms with Crippen LogP contribution in [-0.4, -0.2) is 54.3 Å². The molecule has 4 rings (SSSR count). The van der Waals surface area contributed by atoms with E-state index in [1.165, 1.54) is 24.3 Å². The van der Waals surface area contributed by atoms with Crippen LogP contribution in [0.5, 0.6) is 0 Å². The molecule has 5 nitrogen and oxygen atoms in total. The predicted octanol–water partition coefficient (Wildman–Crippen LogP) is 2.66. The molecular weight excluding hydrogens is 320 g/mol. The molecule has 6 heteroatoms. The van der Waals surface area contributed by atoms with E-state index in [2.05, 4.69) is 37.3 Å². The molecule has 2 aliphatic heterocycles. The summed E-state index contributed by atoms with van der Waals surface area (Å²) in [7, 11) is 0. The fourth-order valence-electron chi connectivity index (χ4n) is 3.98. The van der Waals surface area contributed by atoms with Gasteiger partial charge in [0.2, 0.25) is 0 Å². The third-order valence-electron chi connectivity index (χ3n) is 5.05. The minimum absolute atomic E-state index is 0.210. The number of nitrogens with zero attached hydrogens (tertiary/aromatic N) is 4. The van der Waals surface area contributed by atoms with Crippen LogP contribution in [-0.2, 0) is 11.3 Å². The maximum absolute atomic E-state index is 6.02. The first kappa shape index (κ1) is 16.0. The molecule has 0 N–H and O–H groups in total.